The monoisotopic (exact) mass is 274 g/mol. The Morgan fingerprint density at radius 3 is 2.80 bits per heavy atom. The fraction of sp³-hybridized carbons (Fsp3) is 0.562. The molecule has 4 heteroatoms. The maximum absolute atomic E-state index is 8.96. The van der Waals surface area contributed by atoms with Crippen LogP contribution in [-0.4, -0.2) is 26.9 Å². The van der Waals surface area contributed by atoms with Gasteiger partial charge < -0.3 is 14.8 Å². The molecule has 4 nitrogen and oxygen atoms in total. The second kappa shape index (κ2) is 6.74. The van der Waals surface area contributed by atoms with E-state index in [9.17, 15) is 0 Å². The zero-order chi connectivity index (χ0) is 14.4. The van der Waals surface area contributed by atoms with E-state index in [1.807, 2.05) is 18.2 Å². The van der Waals surface area contributed by atoms with E-state index in [2.05, 4.69) is 18.3 Å². The Morgan fingerprint density at radius 2 is 2.15 bits per heavy atom. The van der Waals surface area contributed by atoms with Crippen LogP contribution in [0.1, 0.15) is 30.9 Å². The van der Waals surface area contributed by atoms with Crippen molar-refractivity contribution in [3.63, 3.8) is 0 Å². The van der Waals surface area contributed by atoms with Crippen molar-refractivity contribution in [3.8, 4) is 11.8 Å². The van der Waals surface area contributed by atoms with Gasteiger partial charge in [0.15, 0.2) is 0 Å². The van der Waals surface area contributed by atoms with Crippen molar-refractivity contribution in [1.82, 2.24) is 5.32 Å². The first-order chi connectivity index (χ1) is 9.67. The molecule has 1 heterocycles. The van der Waals surface area contributed by atoms with E-state index in [1.165, 1.54) is 0 Å². The van der Waals surface area contributed by atoms with Crippen LogP contribution in [0.25, 0.3) is 0 Å². The minimum absolute atomic E-state index is 0.328. The van der Waals surface area contributed by atoms with Crippen LogP contribution in [0, 0.1) is 16.7 Å². The van der Waals surface area contributed by atoms with Crippen LogP contribution in [0.5, 0.6) is 5.75 Å². The summed E-state index contributed by atoms with van der Waals surface area (Å²) in [6, 6.07) is 7.84. The number of nitrogens with one attached hydrogen (secondary N) is 1. The van der Waals surface area contributed by atoms with Gasteiger partial charge in [0.1, 0.15) is 11.8 Å². The molecule has 0 amide bonds. The maximum atomic E-state index is 8.96. The van der Waals surface area contributed by atoms with Gasteiger partial charge in [-0.15, -0.1) is 0 Å². The first-order valence-electron chi connectivity index (χ1n) is 7.02. The highest BCUT2D eigenvalue weighted by Gasteiger charge is 2.26. The zero-order valence-corrected chi connectivity index (χ0v) is 12.2. The third kappa shape index (κ3) is 3.72. The third-order valence-electron chi connectivity index (χ3n) is 3.97. The minimum Gasteiger partial charge on any atom is -0.495 e. The van der Waals surface area contributed by atoms with Gasteiger partial charge in [0.2, 0.25) is 0 Å². The lowest BCUT2D eigenvalue weighted by molar-refractivity contribution is 0.0240. The van der Waals surface area contributed by atoms with Crippen LogP contribution >= 0.6 is 0 Å². The predicted octanol–water partition coefficient (Wildman–Crippen LogP) is 2.47. The molecular formula is C16H22N2O2. The van der Waals surface area contributed by atoms with Crippen molar-refractivity contribution < 1.29 is 9.47 Å². The number of nitrogens with zero attached hydrogens (tertiary/aromatic N) is 1. The van der Waals surface area contributed by atoms with Gasteiger partial charge in [0.05, 0.1) is 12.7 Å². The van der Waals surface area contributed by atoms with Crippen molar-refractivity contribution >= 4 is 0 Å². The number of hydrogen-bond donors (Lipinski definition) is 1. The molecule has 0 bridgehead atoms. The number of methoxy groups -OCH3 is 1. The quantitative estimate of drug-likeness (QED) is 0.896. The smallest absolute Gasteiger partial charge is 0.136 e. The van der Waals surface area contributed by atoms with Gasteiger partial charge in [-0.3, -0.25) is 0 Å². The average Bonchev–Trinajstić information content (AvgIpc) is 2.47. The molecule has 1 aliphatic heterocycles. The second-order valence-electron chi connectivity index (χ2n) is 5.67. The predicted molar refractivity (Wildman–Crippen MR) is 77.6 cm³/mol. The highest BCUT2D eigenvalue weighted by Crippen LogP contribution is 2.28. The molecule has 1 fully saturated rings. The average molecular weight is 274 g/mol. The number of benzene rings is 1. The molecule has 0 saturated carbocycles. The van der Waals surface area contributed by atoms with Gasteiger partial charge in [0.25, 0.3) is 0 Å². The summed E-state index contributed by atoms with van der Waals surface area (Å²) in [6.45, 7) is 5.81. The number of hydrogen-bond acceptors (Lipinski definition) is 4. The Balaban J connectivity index is 1.89. The maximum Gasteiger partial charge on any atom is 0.136 e. The summed E-state index contributed by atoms with van der Waals surface area (Å²) in [5, 5.41) is 12.5. The molecule has 0 atom stereocenters. The van der Waals surface area contributed by atoms with Gasteiger partial charge in [-0.1, -0.05) is 13.0 Å². The molecule has 108 valence electrons. The van der Waals surface area contributed by atoms with Gasteiger partial charge in [-0.05, 0) is 36.0 Å². The SMILES string of the molecule is COc1cc(CNCC2(C)CCOCC2)ccc1C#N. The molecule has 20 heavy (non-hydrogen) atoms. The highest BCUT2D eigenvalue weighted by atomic mass is 16.5. The summed E-state index contributed by atoms with van der Waals surface area (Å²) in [5.41, 5.74) is 2.04. The van der Waals surface area contributed by atoms with Gasteiger partial charge in [0, 0.05) is 26.3 Å². The zero-order valence-electron chi connectivity index (χ0n) is 12.2. The van der Waals surface area contributed by atoms with Crippen LogP contribution < -0.4 is 10.1 Å². The van der Waals surface area contributed by atoms with E-state index in [0.29, 0.717) is 16.7 Å². The number of rotatable bonds is 5. The Hall–Kier alpha value is -1.57. The summed E-state index contributed by atoms with van der Waals surface area (Å²) in [4.78, 5) is 0. The number of nitriles is 1. The molecule has 1 aliphatic rings. The summed E-state index contributed by atoms with van der Waals surface area (Å²) in [6.07, 6.45) is 2.22. The van der Waals surface area contributed by atoms with E-state index in [0.717, 1.165) is 44.7 Å². The van der Waals surface area contributed by atoms with Gasteiger partial charge >= 0.3 is 0 Å². The Labute approximate surface area is 120 Å². The summed E-state index contributed by atoms with van der Waals surface area (Å²) in [7, 11) is 1.59. The topological polar surface area (TPSA) is 54.3 Å². The van der Waals surface area contributed by atoms with E-state index >= 15 is 0 Å². The van der Waals surface area contributed by atoms with Crippen molar-refractivity contribution in [3.05, 3.63) is 29.3 Å². The normalized spacial score (nSPS) is 17.4. The molecule has 0 unspecified atom stereocenters. The second-order valence-corrected chi connectivity index (χ2v) is 5.67. The van der Waals surface area contributed by atoms with Crippen molar-refractivity contribution in [2.24, 2.45) is 5.41 Å². The molecule has 1 aromatic rings. The first-order valence-corrected chi connectivity index (χ1v) is 7.02. The van der Waals surface area contributed by atoms with E-state index in [1.54, 1.807) is 7.11 Å². The standard InChI is InChI=1S/C16H22N2O2/c1-16(5-7-20-8-6-16)12-18-11-13-3-4-14(10-17)15(9-13)19-2/h3-4,9,18H,5-8,11-12H2,1-2H3. The lowest BCUT2D eigenvalue weighted by Gasteiger charge is -2.33. The van der Waals surface area contributed by atoms with Crippen molar-refractivity contribution in [2.45, 2.75) is 26.3 Å². The number of ether oxygens (including phenoxy) is 2. The molecule has 0 radical (unpaired) electrons. The Kier molecular flexibility index (Phi) is 4.99. The lowest BCUT2D eigenvalue weighted by atomic mass is 9.82. The Bertz CT molecular complexity index is 488. The van der Waals surface area contributed by atoms with E-state index in [4.69, 9.17) is 14.7 Å². The molecule has 1 saturated heterocycles. The van der Waals surface area contributed by atoms with Gasteiger partial charge in [-0.2, -0.15) is 5.26 Å². The minimum atomic E-state index is 0.328. The summed E-state index contributed by atoms with van der Waals surface area (Å²) in [5.74, 6) is 0.643. The molecule has 0 spiro atoms. The fourth-order valence-electron chi connectivity index (χ4n) is 2.49. The third-order valence-corrected chi connectivity index (χ3v) is 3.97. The summed E-state index contributed by atoms with van der Waals surface area (Å²) >= 11 is 0. The van der Waals surface area contributed by atoms with Crippen LogP contribution in [0.4, 0.5) is 0 Å². The molecule has 1 aromatic carbocycles. The van der Waals surface area contributed by atoms with E-state index in [-0.39, 0.29) is 0 Å². The first kappa shape index (κ1) is 14.8. The van der Waals surface area contributed by atoms with E-state index < -0.39 is 0 Å². The highest BCUT2D eigenvalue weighted by molar-refractivity contribution is 5.45. The lowest BCUT2D eigenvalue weighted by Crippen LogP contribution is -2.36. The molecule has 0 aromatic heterocycles. The molecule has 1 N–H and O–H groups in total. The van der Waals surface area contributed by atoms with Crippen LogP contribution in [-0.2, 0) is 11.3 Å². The van der Waals surface area contributed by atoms with Crippen LogP contribution in [0.2, 0.25) is 0 Å². The van der Waals surface area contributed by atoms with Crippen LogP contribution in [0.15, 0.2) is 18.2 Å². The molecule has 0 aliphatic carbocycles. The summed E-state index contributed by atoms with van der Waals surface area (Å²) < 4.78 is 10.6. The van der Waals surface area contributed by atoms with Crippen LogP contribution in [0.3, 0.4) is 0 Å². The van der Waals surface area contributed by atoms with Gasteiger partial charge in [-0.25, -0.2) is 0 Å². The fourth-order valence-corrected chi connectivity index (χ4v) is 2.49. The molecular weight excluding hydrogens is 252 g/mol. The van der Waals surface area contributed by atoms with Crippen molar-refractivity contribution in [2.75, 3.05) is 26.9 Å². The van der Waals surface area contributed by atoms with Crippen molar-refractivity contribution in [1.29, 1.82) is 5.26 Å². The Morgan fingerprint density at radius 1 is 1.40 bits per heavy atom. The molecule has 2 rings (SSSR count). The largest absolute Gasteiger partial charge is 0.495 e.